The summed E-state index contributed by atoms with van der Waals surface area (Å²) < 4.78 is 39.6. The van der Waals surface area contributed by atoms with Crippen molar-refractivity contribution >= 4 is 46.6 Å². The SMILES string of the molecule is O=C1CS[C@@]2(C(=O)N(Cc3cccc(C(F)(F)F)c3)c3ccccc32)N1c1cccc(Cl)c1. The molecule has 168 valence electrons. The van der Waals surface area contributed by atoms with Crippen molar-refractivity contribution in [3.05, 3.63) is 94.5 Å². The molecule has 0 aromatic heterocycles. The second kappa shape index (κ2) is 7.81. The maximum absolute atomic E-state index is 13.9. The Balaban J connectivity index is 1.61. The van der Waals surface area contributed by atoms with Gasteiger partial charge in [0, 0.05) is 16.3 Å². The van der Waals surface area contributed by atoms with Crippen molar-refractivity contribution in [1.29, 1.82) is 0 Å². The number of hydrogen-bond acceptors (Lipinski definition) is 3. The van der Waals surface area contributed by atoms with Gasteiger partial charge in [-0.15, -0.1) is 11.8 Å². The Bertz CT molecular complexity index is 1280. The third kappa shape index (κ3) is 3.48. The summed E-state index contributed by atoms with van der Waals surface area (Å²) in [5, 5.41) is 0.423. The second-order valence-electron chi connectivity index (χ2n) is 7.75. The summed E-state index contributed by atoms with van der Waals surface area (Å²) in [4.78, 5) is 28.5. The van der Waals surface area contributed by atoms with Crippen LogP contribution in [0.25, 0.3) is 0 Å². The van der Waals surface area contributed by atoms with Gasteiger partial charge in [-0.3, -0.25) is 14.5 Å². The molecule has 1 saturated heterocycles. The normalized spacial score (nSPS) is 20.1. The van der Waals surface area contributed by atoms with Crippen LogP contribution in [0.5, 0.6) is 0 Å². The van der Waals surface area contributed by atoms with Crippen molar-refractivity contribution in [2.75, 3.05) is 15.6 Å². The van der Waals surface area contributed by atoms with Gasteiger partial charge in [-0.1, -0.05) is 48.0 Å². The number of thioether (sulfide) groups is 1. The van der Waals surface area contributed by atoms with Gasteiger partial charge in [-0.25, -0.2) is 0 Å². The van der Waals surface area contributed by atoms with E-state index in [0.717, 1.165) is 12.1 Å². The molecule has 5 rings (SSSR count). The van der Waals surface area contributed by atoms with Crippen molar-refractivity contribution in [2.24, 2.45) is 0 Å². The van der Waals surface area contributed by atoms with Gasteiger partial charge in [-0.05, 0) is 42.0 Å². The number of hydrogen-bond donors (Lipinski definition) is 0. The zero-order valence-corrected chi connectivity index (χ0v) is 18.5. The van der Waals surface area contributed by atoms with E-state index in [1.54, 1.807) is 54.6 Å². The van der Waals surface area contributed by atoms with Crippen molar-refractivity contribution < 1.29 is 22.8 Å². The van der Waals surface area contributed by atoms with E-state index in [-0.39, 0.29) is 24.1 Å². The molecule has 0 aliphatic carbocycles. The summed E-state index contributed by atoms with van der Waals surface area (Å²) >= 11 is 7.36. The van der Waals surface area contributed by atoms with Gasteiger partial charge in [0.2, 0.25) is 10.8 Å². The van der Waals surface area contributed by atoms with Gasteiger partial charge in [0.05, 0.1) is 23.5 Å². The molecule has 0 N–H and O–H groups in total. The molecule has 1 spiro atoms. The Kier molecular flexibility index (Phi) is 5.17. The van der Waals surface area contributed by atoms with Gasteiger partial charge in [0.25, 0.3) is 5.91 Å². The molecule has 9 heteroatoms. The molecular weight excluding hydrogens is 473 g/mol. The van der Waals surface area contributed by atoms with E-state index < -0.39 is 16.6 Å². The summed E-state index contributed by atoms with van der Waals surface area (Å²) in [6.45, 7) is -0.0559. The van der Waals surface area contributed by atoms with Gasteiger partial charge >= 0.3 is 6.18 Å². The highest BCUT2D eigenvalue weighted by atomic mass is 35.5. The van der Waals surface area contributed by atoms with Crippen LogP contribution in [0.1, 0.15) is 16.7 Å². The molecule has 0 bridgehead atoms. The highest BCUT2D eigenvalue weighted by molar-refractivity contribution is 8.02. The minimum Gasteiger partial charge on any atom is -0.304 e. The number of anilines is 2. The zero-order chi connectivity index (χ0) is 23.4. The lowest BCUT2D eigenvalue weighted by Crippen LogP contribution is -2.49. The average Bonchev–Trinajstić information content (AvgIpc) is 3.24. The van der Waals surface area contributed by atoms with Crippen LogP contribution < -0.4 is 9.80 Å². The highest BCUT2D eigenvalue weighted by Gasteiger charge is 2.60. The number of rotatable bonds is 3. The fraction of sp³-hybridized carbons (Fsp3) is 0.167. The molecule has 3 aromatic rings. The van der Waals surface area contributed by atoms with E-state index in [0.29, 0.717) is 27.5 Å². The lowest BCUT2D eigenvalue weighted by atomic mass is 10.0. The first-order valence-electron chi connectivity index (χ1n) is 10.0. The van der Waals surface area contributed by atoms with Crippen molar-refractivity contribution in [3.63, 3.8) is 0 Å². The molecule has 2 amide bonds. The fourth-order valence-corrected chi connectivity index (χ4v) is 5.90. The first-order valence-corrected chi connectivity index (χ1v) is 11.4. The van der Waals surface area contributed by atoms with Crippen LogP contribution in [0, 0.1) is 0 Å². The Hall–Kier alpha value is -2.97. The summed E-state index contributed by atoms with van der Waals surface area (Å²) in [5.74, 6) is -0.535. The number of halogens is 4. The molecule has 1 fully saturated rings. The zero-order valence-electron chi connectivity index (χ0n) is 17.0. The van der Waals surface area contributed by atoms with Gasteiger partial charge in [-0.2, -0.15) is 13.2 Å². The standard InChI is InChI=1S/C24H16ClF3N2O2S/c25-17-7-4-8-18(12-17)30-21(31)14-33-23(30)19-9-1-2-10-20(19)29(22(23)32)13-15-5-3-6-16(11-15)24(26,27)28/h1-12H,13-14H2/t23-/m0/s1. The maximum Gasteiger partial charge on any atom is 0.416 e. The van der Waals surface area contributed by atoms with E-state index in [1.807, 2.05) is 0 Å². The van der Waals surface area contributed by atoms with E-state index >= 15 is 0 Å². The lowest BCUT2D eigenvalue weighted by Gasteiger charge is -2.33. The first kappa shape index (κ1) is 21.9. The third-order valence-electron chi connectivity index (χ3n) is 5.73. The minimum atomic E-state index is -4.48. The van der Waals surface area contributed by atoms with E-state index in [9.17, 15) is 22.8 Å². The monoisotopic (exact) mass is 488 g/mol. The molecule has 2 aliphatic heterocycles. The molecule has 2 heterocycles. The van der Waals surface area contributed by atoms with Crippen LogP contribution in [-0.2, 0) is 27.2 Å². The molecule has 0 unspecified atom stereocenters. The average molecular weight is 489 g/mol. The summed E-state index contributed by atoms with van der Waals surface area (Å²) in [7, 11) is 0. The van der Waals surface area contributed by atoms with Crippen LogP contribution in [-0.4, -0.2) is 17.6 Å². The molecule has 0 saturated carbocycles. The minimum absolute atomic E-state index is 0.0559. The lowest BCUT2D eigenvalue weighted by molar-refractivity contribution is -0.137. The van der Waals surface area contributed by atoms with E-state index in [4.69, 9.17) is 11.6 Å². The molecular formula is C24H16ClF3N2O2S. The molecule has 3 aromatic carbocycles. The maximum atomic E-state index is 13.9. The third-order valence-corrected chi connectivity index (χ3v) is 7.35. The summed E-state index contributed by atoms with van der Waals surface area (Å²) in [6.07, 6.45) is -4.48. The highest BCUT2D eigenvalue weighted by Crippen LogP contribution is 2.56. The predicted octanol–water partition coefficient (Wildman–Crippen LogP) is 5.84. The first-order chi connectivity index (χ1) is 15.7. The number of nitrogens with zero attached hydrogens (tertiary/aromatic N) is 2. The van der Waals surface area contributed by atoms with Crippen molar-refractivity contribution in [1.82, 2.24) is 0 Å². The Labute approximate surface area is 196 Å². The quantitative estimate of drug-likeness (QED) is 0.465. The topological polar surface area (TPSA) is 40.6 Å². The van der Waals surface area contributed by atoms with Crippen molar-refractivity contribution in [3.8, 4) is 0 Å². The predicted molar refractivity (Wildman–Crippen MR) is 122 cm³/mol. The second-order valence-corrected chi connectivity index (χ2v) is 9.35. The Morgan fingerprint density at radius 2 is 1.73 bits per heavy atom. The number of para-hydroxylation sites is 1. The van der Waals surface area contributed by atoms with Crippen LogP contribution in [0.2, 0.25) is 5.02 Å². The van der Waals surface area contributed by atoms with Crippen LogP contribution >= 0.6 is 23.4 Å². The van der Waals surface area contributed by atoms with Crippen LogP contribution in [0.3, 0.4) is 0 Å². The van der Waals surface area contributed by atoms with Gasteiger partial charge in [0.1, 0.15) is 0 Å². The number of benzene rings is 3. The molecule has 1 atom stereocenters. The van der Waals surface area contributed by atoms with Crippen LogP contribution in [0.4, 0.5) is 24.5 Å². The molecule has 2 aliphatic rings. The van der Waals surface area contributed by atoms with E-state index in [2.05, 4.69) is 0 Å². The number of alkyl halides is 3. The summed E-state index contributed by atoms with van der Waals surface area (Å²) in [5.41, 5.74) is 1.24. The summed E-state index contributed by atoms with van der Waals surface area (Å²) in [6, 6.07) is 18.7. The van der Waals surface area contributed by atoms with Gasteiger partial charge in [0.15, 0.2) is 0 Å². The smallest absolute Gasteiger partial charge is 0.304 e. The number of fused-ring (bicyclic) bond motifs is 2. The Morgan fingerprint density at radius 1 is 0.970 bits per heavy atom. The number of carbonyl (C=O) groups excluding carboxylic acids is 2. The number of carbonyl (C=O) groups is 2. The molecule has 33 heavy (non-hydrogen) atoms. The largest absolute Gasteiger partial charge is 0.416 e. The molecule has 4 nitrogen and oxygen atoms in total. The number of amides is 2. The van der Waals surface area contributed by atoms with Gasteiger partial charge < -0.3 is 4.90 Å². The van der Waals surface area contributed by atoms with Crippen LogP contribution in [0.15, 0.2) is 72.8 Å². The van der Waals surface area contributed by atoms with E-state index in [1.165, 1.54) is 27.6 Å². The Morgan fingerprint density at radius 3 is 2.48 bits per heavy atom. The fourth-order valence-electron chi connectivity index (χ4n) is 4.36. The van der Waals surface area contributed by atoms with Crippen molar-refractivity contribution in [2.45, 2.75) is 17.6 Å². The molecule has 0 radical (unpaired) electrons.